The quantitative estimate of drug-likeness (QED) is 0.230. The molecule has 0 saturated carbocycles. The van der Waals surface area contributed by atoms with E-state index in [2.05, 4.69) is 9.84 Å². The van der Waals surface area contributed by atoms with Gasteiger partial charge < -0.3 is 16.2 Å². The molecule has 0 aromatic heterocycles. The Morgan fingerprint density at radius 3 is 2.56 bits per heavy atom. The number of ether oxygens (including phenoxy) is 1. The van der Waals surface area contributed by atoms with Gasteiger partial charge in [0.05, 0.1) is 7.11 Å². The van der Waals surface area contributed by atoms with E-state index < -0.39 is 6.09 Å². The first-order chi connectivity index (χ1) is 4.16. The number of amides is 1. The zero-order valence-electron chi connectivity index (χ0n) is 4.92. The summed E-state index contributed by atoms with van der Waals surface area (Å²) in [4.78, 5) is 10.2. The van der Waals surface area contributed by atoms with Crippen molar-refractivity contribution in [2.24, 2.45) is 16.6 Å². The van der Waals surface area contributed by atoms with Gasteiger partial charge in [-0.3, -0.25) is 0 Å². The van der Waals surface area contributed by atoms with Gasteiger partial charge in [-0.05, 0) is 0 Å². The average molecular weight is 132 g/mol. The summed E-state index contributed by atoms with van der Waals surface area (Å²) < 4.78 is 4.13. The average Bonchev–Trinajstić information content (AvgIpc) is 1.83. The summed E-state index contributed by atoms with van der Waals surface area (Å²) in [5.41, 5.74) is 11.6. The molecule has 52 valence electrons. The molecule has 6 heteroatoms. The summed E-state index contributed by atoms with van der Waals surface area (Å²) in [7, 11) is 1.21. The summed E-state index contributed by atoms with van der Waals surface area (Å²) in [6, 6.07) is 0. The number of rotatable bonds is 1. The normalized spacial score (nSPS) is 7.67. The van der Waals surface area contributed by atoms with Crippen molar-refractivity contribution in [1.29, 1.82) is 0 Å². The largest absolute Gasteiger partial charge is 0.452 e. The van der Waals surface area contributed by atoms with Crippen LogP contribution in [0.1, 0.15) is 0 Å². The van der Waals surface area contributed by atoms with Crippen molar-refractivity contribution in [1.82, 2.24) is 5.43 Å². The predicted molar refractivity (Wildman–Crippen MR) is 31.4 cm³/mol. The number of nitrogens with two attached hydrogens (primary N) is 2. The third kappa shape index (κ3) is 4.39. The van der Waals surface area contributed by atoms with Crippen molar-refractivity contribution in [3.8, 4) is 0 Å². The topological polar surface area (TPSA) is 103 Å². The number of methoxy groups -OCH3 is 1. The number of carbonyl (C=O) groups is 1. The van der Waals surface area contributed by atoms with E-state index in [9.17, 15) is 4.79 Å². The molecule has 1 amide bonds. The van der Waals surface area contributed by atoms with Gasteiger partial charge in [0.2, 0.25) is 5.96 Å². The van der Waals surface area contributed by atoms with Gasteiger partial charge in [0.1, 0.15) is 0 Å². The highest BCUT2D eigenvalue weighted by Gasteiger charge is 1.92. The molecule has 9 heavy (non-hydrogen) atoms. The molecule has 0 spiro atoms. The van der Waals surface area contributed by atoms with Crippen LogP contribution in [0.4, 0.5) is 4.79 Å². The Kier molecular flexibility index (Phi) is 2.96. The van der Waals surface area contributed by atoms with E-state index in [1.807, 2.05) is 5.43 Å². The van der Waals surface area contributed by atoms with E-state index in [0.717, 1.165) is 0 Å². The number of guanidine groups is 1. The summed E-state index contributed by atoms with van der Waals surface area (Å²) in [5.74, 6) is -0.222. The smallest absolute Gasteiger partial charge is 0.427 e. The van der Waals surface area contributed by atoms with Crippen molar-refractivity contribution in [2.45, 2.75) is 0 Å². The third-order valence-electron chi connectivity index (χ3n) is 0.462. The van der Waals surface area contributed by atoms with Crippen LogP contribution in [0.5, 0.6) is 0 Å². The molecule has 0 aliphatic carbocycles. The van der Waals surface area contributed by atoms with Crippen molar-refractivity contribution >= 4 is 12.1 Å². The lowest BCUT2D eigenvalue weighted by Crippen LogP contribution is -2.28. The van der Waals surface area contributed by atoms with Crippen molar-refractivity contribution < 1.29 is 9.53 Å². The number of hydrogen-bond donors (Lipinski definition) is 3. The lowest BCUT2D eigenvalue weighted by molar-refractivity contribution is 0.171. The number of hydrazone groups is 1. The highest BCUT2D eigenvalue weighted by Crippen LogP contribution is 1.67. The van der Waals surface area contributed by atoms with Crippen molar-refractivity contribution in [3.05, 3.63) is 0 Å². The second kappa shape index (κ2) is 3.53. The molecule has 0 bridgehead atoms. The predicted octanol–water partition coefficient (Wildman–Crippen LogP) is -1.47. The highest BCUT2D eigenvalue weighted by molar-refractivity contribution is 5.77. The third-order valence-corrected chi connectivity index (χ3v) is 0.462. The van der Waals surface area contributed by atoms with Gasteiger partial charge in [-0.1, -0.05) is 0 Å². The molecule has 0 saturated heterocycles. The number of hydrogen-bond acceptors (Lipinski definition) is 3. The maximum absolute atomic E-state index is 10.2. The van der Waals surface area contributed by atoms with E-state index in [0.29, 0.717) is 0 Å². The van der Waals surface area contributed by atoms with E-state index >= 15 is 0 Å². The number of nitrogens with one attached hydrogen (secondary N) is 1. The zero-order valence-corrected chi connectivity index (χ0v) is 4.92. The Balaban J connectivity index is 3.50. The van der Waals surface area contributed by atoms with Crippen LogP contribution in [0.2, 0.25) is 0 Å². The second-order valence-corrected chi connectivity index (χ2v) is 1.14. The minimum absolute atomic E-state index is 0.222. The molecule has 0 radical (unpaired) electrons. The summed E-state index contributed by atoms with van der Waals surface area (Å²) in [6.45, 7) is 0. The van der Waals surface area contributed by atoms with Crippen LogP contribution in [0.15, 0.2) is 5.10 Å². The fourth-order valence-electron chi connectivity index (χ4n) is 0.156. The Labute approximate surface area is 51.8 Å². The maximum Gasteiger partial charge on any atom is 0.427 e. The Hall–Kier alpha value is -1.46. The van der Waals surface area contributed by atoms with Crippen molar-refractivity contribution in [3.63, 3.8) is 0 Å². The van der Waals surface area contributed by atoms with E-state index in [1.165, 1.54) is 7.11 Å². The molecule has 0 unspecified atom stereocenters. The molecule has 0 aliphatic heterocycles. The van der Waals surface area contributed by atoms with Gasteiger partial charge in [-0.15, -0.1) is 5.10 Å². The lowest BCUT2D eigenvalue weighted by Gasteiger charge is -1.94. The molecule has 6 nitrogen and oxygen atoms in total. The first-order valence-corrected chi connectivity index (χ1v) is 2.09. The zero-order chi connectivity index (χ0) is 7.28. The van der Waals surface area contributed by atoms with Gasteiger partial charge in [0.25, 0.3) is 0 Å². The van der Waals surface area contributed by atoms with E-state index in [1.54, 1.807) is 0 Å². The van der Waals surface area contributed by atoms with Crippen LogP contribution >= 0.6 is 0 Å². The van der Waals surface area contributed by atoms with Crippen LogP contribution in [-0.4, -0.2) is 19.2 Å². The van der Waals surface area contributed by atoms with Crippen LogP contribution < -0.4 is 16.9 Å². The molecular formula is C3H8N4O2. The van der Waals surface area contributed by atoms with Gasteiger partial charge in [-0.2, -0.15) is 0 Å². The first-order valence-electron chi connectivity index (χ1n) is 2.09. The standard InChI is InChI=1S/C3H8N4O2/c1-9-3(8)7-6-2(4)5/h1H3,(H,7,8)(H4,4,5,6). The maximum atomic E-state index is 10.2. The second-order valence-electron chi connectivity index (χ2n) is 1.14. The van der Waals surface area contributed by atoms with Crippen LogP contribution in [0, 0.1) is 0 Å². The summed E-state index contributed by atoms with van der Waals surface area (Å²) in [5, 5.41) is 3.14. The minimum Gasteiger partial charge on any atom is -0.452 e. The molecule has 0 heterocycles. The fraction of sp³-hybridized carbons (Fsp3) is 0.333. The van der Waals surface area contributed by atoms with Gasteiger partial charge in [-0.25, -0.2) is 10.2 Å². The Morgan fingerprint density at radius 2 is 2.22 bits per heavy atom. The van der Waals surface area contributed by atoms with Crippen LogP contribution in [-0.2, 0) is 4.74 Å². The van der Waals surface area contributed by atoms with Gasteiger partial charge >= 0.3 is 6.09 Å². The molecule has 0 aromatic rings. The highest BCUT2D eigenvalue weighted by atomic mass is 16.5. The Bertz CT molecular complexity index is 128. The number of carbonyl (C=O) groups excluding carboxylic acids is 1. The van der Waals surface area contributed by atoms with Crippen LogP contribution in [0.25, 0.3) is 0 Å². The monoisotopic (exact) mass is 132 g/mol. The number of nitrogens with zero attached hydrogens (tertiary/aromatic N) is 1. The molecule has 0 fully saturated rings. The molecule has 5 N–H and O–H groups in total. The van der Waals surface area contributed by atoms with Gasteiger partial charge in [0.15, 0.2) is 0 Å². The van der Waals surface area contributed by atoms with Crippen molar-refractivity contribution in [2.75, 3.05) is 7.11 Å². The fourth-order valence-corrected chi connectivity index (χ4v) is 0.156. The molecule has 0 rings (SSSR count). The molecule has 0 aromatic carbocycles. The van der Waals surface area contributed by atoms with Gasteiger partial charge in [0, 0.05) is 0 Å². The van der Waals surface area contributed by atoms with E-state index in [-0.39, 0.29) is 5.96 Å². The molecule has 0 aliphatic rings. The summed E-state index contributed by atoms with van der Waals surface area (Å²) in [6.07, 6.45) is -0.705. The Morgan fingerprint density at radius 1 is 1.67 bits per heavy atom. The molecule has 0 atom stereocenters. The minimum atomic E-state index is -0.705. The first kappa shape index (κ1) is 7.54. The summed E-state index contributed by atoms with van der Waals surface area (Å²) >= 11 is 0. The SMILES string of the molecule is COC(=O)NN=C(N)N. The lowest BCUT2D eigenvalue weighted by atomic mass is 11.1. The van der Waals surface area contributed by atoms with E-state index in [4.69, 9.17) is 11.5 Å². The van der Waals surface area contributed by atoms with Crippen LogP contribution in [0.3, 0.4) is 0 Å². The molecular weight excluding hydrogens is 124 g/mol.